The number of methoxy groups -OCH3 is 1. The number of aromatic amines is 1. The van der Waals surface area contributed by atoms with Crippen molar-refractivity contribution in [2.75, 3.05) is 27.2 Å². The van der Waals surface area contributed by atoms with Crippen LogP contribution in [0, 0.1) is 4.77 Å². The van der Waals surface area contributed by atoms with Gasteiger partial charge in [0.25, 0.3) is 0 Å². The molecule has 3 rings (SSSR count). The van der Waals surface area contributed by atoms with E-state index in [1.54, 1.807) is 7.11 Å². The molecule has 0 amide bonds. The van der Waals surface area contributed by atoms with E-state index in [1.165, 1.54) is 6.33 Å². The maximum Gasteiger partial charge on any atom is 0.242 e. The Hall–Kier alpha value is -1.47. The Morgan fingerprint density at radius 1 is 1.50 bits per heavy atom. The molecule has 0 aliphatic carbocycles. The van der Waals surface area contributed by atoms with Crippen molar-refractivity contribution in [2.24, 2.45) is 0 Å². The van der Waals surface area contributed by atoms with Crippen molar-refractivity contribution >= 4 is 23.4 Å². The molecule has 0 aromatic carbocycles. The second kappa shape index (κ2) is 4.33. The number of likely N-dealkylation sites (N-methyl/N-ethyl adjacent to an activating group) is 1. The molecule has 0 spiro atoms. The Balaban J connectivity index is 2.17. The Labute approximate surface area is 110 Å². The number of H-pyrrole nitrogens is 1. The number of nitrogens with one attached hydrogen (secondary N) is 1. The lowest BCUT2D eigenvalue weighted by molar-refractivity contribution is 0.393. The first-order valence-corrected chi connectivity index (χ1v) is 6.29. The van der Waals surface area contributed by atoms with Gasteiger partial charge in [-0.05, 0) is 32.2 Å². The molecule has 0 saturated carbocycles. The van der Waals surface area contributed by atoms with E-state index in [0.717, 1.165) is 30.7 Å². The molecule has 3 heterocycles. The average molecular weight is 265 g/mol. The minimum atomic E-state index is 0.371. The van der Waals surface area contributed by atoms with Gasteiger partial charge in [0.1, 0.15) is 11.8 Å². The van der Waals surface area contributed by atoms with Gasteiger partial charge in [-0.3, -0.25) is 4.57 Å². The molecule has 1 atom stereocenters. The smallest absolute Gasteiger partial charge is 0.242 e. The van der Waals surface area contributed by atoms with Crippen LogP contribution in [-0.2, 0) is 0 Å². The Morgan fingerprint density at radius 3 is 3.00 bits per heavy atom. The highest BCUT2D eigenvalue weighted by atomic mass is 32.1. The molecular formula is C11H15N5OS. The van der Waals surface area contributed by atoms with Crippen LogP contribution in [0.25, 0.3) is 11.2 Å². The summed E-state index contributed by atoms with van der Waals surface area (Å²) in [5.74, 6) is 0.538. The van der Waals surface area contributed by atoms with Gasteiger partial charge in [-0.15, -0.1) is 0 Å². The van der Waals surface area contributed by atoms with Crippen LogP contribution in [0.1, 0.15) is 12.5 Å². The van der Waals surface area contributed by atoms with Gasteiger partial charge in [0.05, 0.1) is 13.2 Å². The zero-order valence-corrected chi connectivity index (χ0v) is 11.2. The van der Waals surface area contributed by atoms with E-state index >= 15 is 0 Å². The maximum absolute atomic E-state index is 5.40. The number of imidazole rings is 1. The van der Waals surface area contributed by atoms with Crippen LogP contribution in [0.4, 0.5) is 0 Å². The van der Waals surface area contributed by atoms with Crippen LogP contribution in [0.15, 0.2) is 6.33 Å². The first-order valence-electron chi connectivity index (χ1n) is 5.88. The lowest BCUT2D eigenvalue weighted by Crippen LogP contribution is -2.16. The first kappa shape index (κ1) is 11.6. The highest BCUT2D eigenvalue weighted by molar-refractivity contribution is 7.71. The fourth-order valence-corrected chi connectivity index (χ4v) is 2.87. The first-order chi connectivity index (χ1) is 8.70. The van der Waals surface area contributed by atoms with Crippen LogP contribution in [0.3, 0.4) is 0 Å². The summed E-state index contributed by atoms with van der Waals surface area (Å²) in [6.07, 6.45) is 2.60. The van der Waals surface area contributed by atoms with Gasteiger partial charge in [-0.1, -0.05) is 0 Å². The third-order valence-electron chi connectivity index (χ3n) is 3.40. The maximum atomic E-state index is 5.40. The van der Waals surface area contributed by atoms with Crippen molar-refractivity contribution in [3.8, 4) is 5.88 Å². The molecule has 1 aliphatic heterocycles. The van der Waals surface area contributed by atoms with Crippen LogP contribution in [-0.4, -0.2) is 51.7 Å². The molecule has 0 radical (unpaired) electrons. The van der Waals surface area contributed by atoms with E-state index in [4.69, 9.17) is 17.0 Å². The second-order valence-corrected chi connectivity index (χ2v) is 4.97. The van der Waals surface area contributed by atoms with Gasteiger partial charge in [0.2, 0.25) is 5.88 Å². The van der Waals surface area contributed by atoms with Crippen molar-refractivity contribution in [3.63, 3.8) is 0 Å². The number of hydrogen-bond acceptors (Lipinski definition) is 5. The summed E-state index contributed by atoms with van der Waals surface area (Å²) in [5.41, 5.74) is 1.60. The van der Waals surface area contributed by atoms with Crippen molar-refractivity contribution in [1.29, 1.82) is 0 Å². The van der Waals surface area contributed by atoms with Gasteiger partial charge in [-0.25, -0.2) is 4.98 Å². The number of likely N-dealkylation sites (tertiary alicyclic amines) is 1. The molecule has 7 heteroatoms. The third-order valence-corrected chi connectivity index (χ3v) is 3.70. The highest BCUT2D eigenvalue weighted by Gasteiger charge is 2.24. The zero-order chi connectivity index (χ0) is 12.7. The predicted octanol–water partition coefficient (Wildman–Crippen LogP) is 1.37. The average Bonchev–Trinajstić information content (AvgIpc) is 2.91. The molecule has 2 aromatic rings. The Morgan fingerprint density at radius 2 is 2.33 bits per heavy atom. The van der Waals surface area contributed by atoms with Crippen LogP contribution >= 0.6 is 12.2 Å². The van der Waals surface area contributed by atoms with Crippen molar-refractivity contribution < 1.29 is 4.74 Å². The minimum Gasteiger partial charge on any atom is -0.479 e. The normalized spacial score (nSPS) is 20.7. The zero-order valence-electron chi connectivity index (χ0n) is 10.4. The second-order valence-electron chi connectivity index (χ2n) is 4.59. The van der Waals surface area contributed by atoms with E-state index in [-0.39, 0.29) is 0 Å². The van der Waals surface area contributed by atoms with Crippen molar-refractivity contribution in [2.45, 2.75) is 12.5 Å². The highest BCUT2D eigenvalue weighted by Crippen LogP contribution is 2.27. The van der Waals surface area contributed by atoms with E-state index in [2.05, 4.69) is 31.5 Å². The molecular weight excluding hydrogens is 250 g/mol. The van der Waals surface area contributed by atoms with Crippen molar-refractivity contribution in [1.82, 2.24) is 24.4 Å². The summed E-state index contributed by atoms with van der Waals surface area (Å²) in [5, 5.41) is 0. The minimum absolute atomic E-state index is 0.371. The molecule has 1 fully saturated rings. The molecule has 6 nitrogen and oxygen atoms in total. The molecule has 2 aromatic heterocycles. The van der Waals surface area contributed by atoms with Gasteiger partial charge in [-0.2, -0.15) is 4.98 Å². The number of hydrogen-bond donors (Lipinski definition) is 1. The largest absolute Gasteiger partial charge is 0.479 e. The van der Waals surface area contributed by atoms with Gasteiger partial charge in [0, 0.05) is 6.54 Å². The topological polar surface area (TPSA) is 59.0 Å². The summed E-state index contributed by atoms with van der Waals surface area (Å²) < 4.78 is 7.99. The van der Waals surface area contributed by atoms with Gasteiger partial charge < -0.3 is 14.6 Å². The third kappa shape index (κ3) is 1.70. The summed E-state index contributed by atoms with van der Waals surface area (Å²) in [6.45, 7) is 2.08. The van der Waals surface area contributed by atoms with E-state index in [1.807, 2.05) is 0 Å². The molecule has 1 N–H and O–H groups in total. The quantitative estimate of drug-likeness (QED) is 0.831. The summed E-state index contributed by atoms with van der Waals surface area (Å²) in [4.78, 5) is 13.9. The number of aromatic nitrogens is 4. The predicted molar refractivity (Wildman–Crippen MR) is 70.4 cm³/mol. The summed E-state index contributed by atoms with van der Waals surface area (Å²) in [6, 6.07) is 0.371. The molecule has 0 bridgehead atoms. The van der Waals surface area contributed by atoms with Crippen LogP contribution in [0.2, 0.25) is 0 Å². The number of ether oxygens (including phenoxy) is 1. The summed E-state index contributed by atoms with van der Waals surface area (Å²) >= 11 is 5.40. The molecule has 1 saturated heterocycles. The molecule has 1 aliphatic rings. The lowest BCUT2D eigenvalue weighted by Gasteiger charge is -2.12. The fraction of sp³-hybridized carbons (Fsp3) is 0.545. The Bertz CT molecular complexity index is 634. The summed E-state index contributed by atoms with van der Waals surface area (Å²) in [7, 11) is 3.72. The lowest BCUT2D eigenvalue weighted by atomic mass is 10.2. The van der Waals surface area contributed by atoms with Crippen molar-refractivity contribution in [3.05, 3.63) is 11.1 Å². The van der Waals surface area contributed by atoms with Gasteiger partial charge in [0.15, 0.2) is 10.4 Å². The van der Waals surface area contributed by atoms with E-state index in [0.29, 0.717) is 16.7 Å². The number of nitrogens with zero attached hydrogens (tertiary/aromatic N) is 4. The fourth-order valence-electron chi connectivity index (χ4n) is 2.53. The van der Waals surface area contributed by atoms with E-state index < -0.39 is 0 Å². The number of rotatable bonds is 2. The van der Waals surface area contributed by atoms with E-state index in [9.17, 15) is 0 Å². The SMILES string of the molecule is COc1ncnc2c1[nH]c(=S)n2C1CCN(C)C1. The van der Waals surface area contributed by atoms with Gasteiger partial charge >= 0.3 is 0 Å². The standard InChI is InChI=1S/C11H15N5OS/c1-15-4-3-7(5-15)16-9-8(14-11(16)18)10(17-2)13-6-12-9/h6-7H,3-5H2,1-2H3,(H,14,18). The van der Waals surface area contributed by atoms with Crippen LogP contribution < -0.4 is 4.74 Å². The number of fused-ring (bicyclic) bond motifs is 1. The van der Waals surface area contributed by atoms with Crippen LogP contribution in [0.5, 0.6) is 5.88 Å². The monoisotopic (exact) mass is 265 g/mol. The molecule has 1 unspecified atom stereocenters. The molecule has 96 valence electrons. The molecule has 18 heavy (non-hydrogen) atoms. The Kier molecular flexibility index (Phi) is 2.79.